The summed E-state index contributed by atoms with van der Waals surface area (Å²) in [6, 6.07) is 0.834. The fourth-order valence-corrected chi connectivity index (χ4v) is 2.93. The molecule has 0 aromatic rings. The zero-order valence-corrected chi connectivity index (χ0v) is 10.5. The van der Waals surface area contributed by atoms with Crippen LogP contribution >= 0.6 is 0 Å². The maximum atomic E-state index is 3.62. The van der Waals surface area contributed by atoms with Crippen molar-refractivity contribution < 1.29 is 0 Å². The van der Waals surface area contributed by atoms with Crippen molar-refractivity contribution in [2.24, 2.45) is 11.8 Å². The molecule has 0 spiro atoms. The van der Waals surface area contributed by atoms with Crippen LogP contribution in [-0.2, 0) is 0 Å². The average Bonchev–Trinajstić information content (AvgIpc) is 3.20. The van der Waals surface area contributed by atoms with Crippen molar-refractivity contribution in [3.8, 4) is 0 Å². The summed E-state index contributed by atoms with van der Waals surface area (Å²) in [6.07, 6.45) is 10.2. The van der Waals surface area contributed by atoms with Crippen molar-refractivity contribution in [3.63, 3.8) is 0 Å². The maximum Gasteiger partial charge on any atom is 0.00797 e. The molecule has 0 bridgehead atoms. The number of hydrogen-bond donors (Lipinski definition) is 1. The van der Waals surface area contributed by atoms with Gasteiger partial charge in [-0.1, -0.05) is 0 Å². The molecule has 3 rings (SSSR count). The van der Waals surface area contributed by atoms with E-state index in [1.807, 2.05) is 0 Å². The largest absolute Gasteiger partial charge is 0.314 e. The highest BCUT2D eigenvalue weighted by molar-refractivity contribution is 4.83. The minimum Gasteiger partial charge on any atom is -0.314 e. The Balaban J connectivity index is 1.39. The molecule has 2 aliphatic carbocycles. The normalized spacial score (nSPS) is 30.2. The summed E-state index contributed by atoms with van der Waals surface area (Å²) in [6.45, 7) is 5.42. The van der Waals surface area contributed by atoms with Crippen molar-refractivity contribution in [2.45, 2.75) is 51.0 Å². The van der Waals surface area contributed by atoms with Gasteiger partial charge in [0.2, 0.25) is 0 Å². The number of nitrogens with zero attached hydrogens (tertiary/aromatic N) is 1. The van der Waals surface area contributed by atoms with Gasteiger partial charge >= 0.3 is 0 Å². The highest BCUT2D eigenvalue weighted by Gasteiger charge is 2.29. The standard InChI is InChI=1S/C14H26N2/c1-2-14(15-8-1)7-9-16(10-12-3-4-12)11-13-5-6-13/h12-15H,1-11H2. The summed E-state index contributed by atoms with van der Waals surface area (Å²) in [5.41, 5.74) is 0. The third-order valence-corrected chi connectivity index (χ3v) is 4.38. The average molecular weight is 222 g/mol. The molecular weight excluding hydrogens is 196 g/mol. The lowest BCUT2D eigenvalue weighted by Crippen LogP contribution is -2.33. The zero-order chi connectivity index (χ0) is 10.8. The van der Waals surface area contributed by atoms with Crippen LogP contribution < -0.4 is 5.32 Å². The zero-order valence-electron chi connectivity index (χ0n) is 10.5. The molecule has 0 aromatic heterocycles. The molecule has 1 saturated heterocycles. The first-order valence-corrected chi connectivity index (χ1v) is 7.36. The van der Waals surface area contributed by atoms with Crippen molar-refractivity contribution in [3.05, 3.63) is 0 Å². The Bertz CT molecular complexity index is 201. The van der Waals surface area contributed by atoms with Crippen LogP contribution in [0.1, 0.15) is 44.9 Å². The first-order chi connectivity index (χ1) is 7.90. The molecule has 3 aliphatic rings. The molecule has 0 aromatic carbocycles. The second-order valence-electron chi connectivity index (χ2n) is 6.23. The predicted molar refractivity (Wildman–Crippen MR) is 67.5 cm³/mol. The van der Waals surface area contributed by atoms with E-state index in [1.165, 1.54) is 71.1 Å². The summed E-state index contributed by atoms with van der Waals surface area (Å²) in [7, 11) is 0. The molecule has 1 aliphatic heterocycles. The van der Waals surface area contributed by atoms with E-state index in [4.69, 9.17) is 0 Å². The Morgan fingerprint density at radius 3 is 2.12 bits per heavy atom. The predicted octanol–water partition coefficient (Wildman–Crippen LogP) is 2.25. The van der Waals surface area contributed by atoms with E-state index < -0.39 is 0 Å². The summed E-state index contributed by atoms with van der Waals surface area (Å²) in [5, 5.41) is 3.62. The third kappa shape index (κ3) is 3.46. The van der Waals surface area contributed by atoms with Crippen LogP contribution in [0.2, 0.25) is 0 Å². The molecule has 92 valence electrons. The van der Waals surface area contributed by atoms with E-state index in [-0.39, 0.29) is 0 Å². The van der Waals surface area contributed by atoms with Crippen LogP contribution in [0.15, 0.2) is 0 Å². The molecule has 0 amide bonds. The molecule has 1 N–H and O–H groups in total. The lowest BCUT2D eigenvalue weighted by atomic mass is 10.1. The van der Waals surface area contributed by atoms with Gasteiger partial charge in [-0.25, -0.2) is 0 Å². The highest BCUT2D eigenvalue weighted by atomic mass is 15.1. The molecule has 2 nitrogen and oxygen atoms in total. The van der Waals surface area contributed by atoms with Gasteiger partial charge in [-0.2, -0.15) is 0 Å². The lowest BCUT2D eigenvalue weighted by molar-refractivity contribution is 0.240. The lowest BCUT2D eigenvalue weighted by Gasteiger charge is -2.23. The second kappa shape index (κ2) is 5.05. The molecule has 16 heavy (non-hydrogen) atoms. The summed E-state index contributed by atoms with van der Waals surface area (Å²) >= 11 is 0. The van der Waals surface area contributed by atoms with Crippen molar-refractivity contribution in [2.75, 3.05) is 26.2 Å². The topological polar surface area (TPSA) is 15.3 Å². The van der Waals surface area contributed by atoms with Gasteiger partial charge in [0, 0.05) is 19.1 Å². The molecule has 0 radical (unpaired) electrons. The molecule has 1 atom stereocenters. The van der Waals surface area contributed by atoms with Gasteiger partial charge in [-0.3, -0.25) is 0 Å². The van der Waals surface area contributed by atoms with E-state index in [9.17, 15) is 0 Å². The maximum absolute atomic E-state index is 3.62. The number of hydrogen-bond acceptors (Lipinski definition) is 2. The Kier molecular flexibility index (Phi) is 3.49. The van der Waals surface area contributed by atoms with E-state index in [1.54, 1.807) is 0 Å². The van der Waals surface area contributed by atoms with Crippen LogP contribution in [0.25, 0.3) is 0 Å². The van der Waals surface area contributed by atoms with Gasteiger partial charge < -0.3 is 10.2 Å². The van der Waals surface area contributed by atoms with Gasteiger partial charge in [-0.15, -0.1) is 0 Å². The minimum atomic E-state index is 0.834. The first-order valence-electron chi connectivity index (χ1n) is 7.36. The molecule has 3 fully saturated rings. The van der Waals surface area contributed by atoms with Gasteiger partial charge in [0.25, 0.3) is 0 Å². The van der Waals surface area contributed by atoms with E-state index >= 15 is 0 Å². The van der Waals surface area contributed by atoms with Crippen molar-refractivity contribution in [1.29, 1.82) is 0 Å². The monoisotopic (exact) mass is 222 g/mol. The molecule has 1 heterocycles. The summed E-state index contributed by atoms with van der Waals surface area (Å²) < 4.78 is 0. The number of rotatable bonds is 7. The fourth-order valence-electron chi connectivity index (χ4n) is 2.93. The van der Waals surface area contributed by atoms with E-state index in [0.29, 0.717) is 0 Å². The number of nitrogens with one attached hydrogen (secondary N) is 1. The first kappa shape index (κ1) is 11.0. The van der Waals surface area contributed by atoms with Gasteiger partial charge in [-0.05, 0) is 69.9 Å². The van der Waals surface area contributed by atoms with E-state index in [2.05, 4.69) is 10.2 Å². The van der Waals surface area contributed by atoms with Crippen molar-refractivity contribution in [1.82, 2.24) is 10.2 Å². The van der Waals surface area contributed by atoms with Crippen LogP contribution in [0.4, 0.5) is 0 Å². The molecule has 1 unspecified atom stereocenters. The Labute approximate surface area is 99.8 Å². The van der Waals surface area contributed by atoms with Gasteiger partial charge in [0.1, 0.15) is 0 Å². The fraction of sp³-hybridized carbons (Fsp3) is 1.00. The van der Waals surface area contributed by atoms with Crippen molar-refractivity contribution >= 4 is 0 Å². The Morgan fingerprint density at radius 1 is 0.938 bits per heavy atom. The third-order valence-electron chi connectivity index (χ3n) is 4.38. The SMILES string of the molecule is C1CNC(CCN(CC2CC2)CC2CC2)C1. The van der Waals surface area contributed by atoms with Crippen LogP contribution in [0, 0.1) is 11.8 Å². The van der Waals surface area contributed by atoms with Gasteiger partial charge in [0.15, 0.2) is 0 Å². The summed E-state index contributed by atoms with van der Waals surface area (Å²) in [5.74, 6) is 2.13. The Morgan fingerprint density at radius 2 is 1.62 bits per heavy atom. The minimum absolute atomic E-state index is 0.834. The quantitative estimate of drug-likeness (QED) is 0.711. The summed E-state index contributed by atoms with van der Waals surface area (Å²) in [4.78, 5) is 2.77. The van der Waals surface area contributed by atoms with Crippen LogP contribution in [0.3, 0.4) is 0 Å². The molecule has 2 saturated carbocycles. The van der Waals surface area contributed by atoms with Gasteiger partial charge in [0.05, 0.1) is 0 Å². The van der Waals surface area contributed by atoms with Crippen LogP contribution in [0.5, 0.6) is 0 Å². The second-order valence-corrected chi connectivity index (χ2v) is 6.23. The highest BCUT2D eigenvalue weighted by Crippen LogP contribution is 2.33. The smallest absolute Gasteiger partial charge is 0.00797 e. The Hall–Kier alpha value is -0.0800. The van der Waals surface area contributed by atoms with E-state index in [0.717, 1.165) is 17.9 Å². The van der Waals surface area contributed by atoms with Crippen LogP contribution in [-0.4, -0.2) is 37.1 Å². The molecular formula is C14H26N2. The molecule has 2 heteroatoms.